The van der Waals surface area contributed by atoms with E-state index in [-0.39, 0.29) is 5.56 Å². The summed E-state index contributed by atoms with van der Waals surface area (Å²) in [4.78, 5) is 23.5. The molecular formula is C7H4FNO3. The zero-order valence-corrected chi connectivity index (χ0v) is 5.82. The van der Waals surface area contributed by atoms with Gasteiger partial charge in [0, 0.05) is 11.8 Å². The van der Waals surface area contributed by atoms with Crippen LogP contribution in [0.5, 0.6) is 0 Å². The van der Waals surface area contributed by atoms with Crippen LogP contribution in [0.25, 0.3) is 0 Å². The highest BCUT2D eigenvalue weighted by Crippen LogP contribution is 2.05. The van der Waals surface area contributed by atoms with Crippen LogP contribution in [0, 0.1) is 5.95 Å². The van der Waals surface area contributed by atoms with Crippen molar-refractivity contribution in [3.63, 3.8) is 0 Å². The smallest absolute Gasteiger partial charge is 0.340 e. The topological polar surface area (TPSA) is 67.3 Å². The van der Waals surface area contributed by atoms with Crippen molar-refractivity contribution < 1.29 is 19.1 Å². The maximum absolute atomic E-state index is 12.5. The van der Waals surface area contributed by atoms with Crippen LogP contribution in [-0.4, -0.2) is 22.3 Å². The van der Waals surface area contributed by atoms with Crippen LogP contribution in [0.1, 0.15) is 20.7 Å². The second kappa shape index (κ2) is 3.08. The van der Waals surface area contributed by atoms with E-state index in [0.717, 1.165) is 12.3 Å². The van der Waals surface area contributed by atoms with Crippen LogP contribution in [0.4, 0.5) is 4.39 Å². The van der Waals surface area contributed by atoms with Crippen molar-refractivity contribution in [2.24, 2.45) is 0 Å². The van der Waals surface area contributed by atoms with Gasteiger partial charge in [-0.1, -0.05) is 0 Å². The van der Waals surface area contributed by atoms with Crippen molar-refractivity contribution in [2.45, 2.75) is 0 Å². The predicted octanol–water partition coefficient (Wildman–Crippen LogP) is 0.731. The van der Waals surface area contributed by atoms with Crippen LogP contribution in [0.2, 0.25) is 0 Å². The first-order valence-electron chi connectivity index (χ1n) is 2.99. The molecule has 1 aromatic rings. The van der Waals surface area contributed by atoms with Gasteiger partial charge >= 0.3 is 5.97 Å². The fraction of sp³-hybridized carbons (Fsp3) is 0. The summed E-state index contributed by atoms with van der Waals surface area (Å²) in [5, 5.41) is 8.39. The van der Waals surface area contributed by atoms with E-state index in [1.807, 2.05) is 0 Å². The van der Waals surface area contributed by atoms with Gasteiger partial charge in [0.1, 0.15) is 5.56 Å². The number of rotatable bonds is 2. The average molecular weight is 169 g/mol. The van der Waals surface area contributed by atoms with Gasteiger partial charge in [-0.05, 0) is 6.07 Å². The Kier molecular flexibility index (Phi) is 2.14. The fourth-order valence-corrected chi connectivity index (χ4v) is 0.679. The summed E-state index contributed by atoms with van der Waals surface area (Å²) in [6.45, 7) is 0. The molecule has 12 heavy (non-hydrogen) atoms. The van der Waals surface area contributed by atoms with E-state index in [2.05, 4.69) is 4.98 Å². The first-order chi connectivity index (χ1) is 5.65. The minimum absolute atomic E-state index is 0.0359. The Labute approximate surface area is 66.7 Å². The summed E-state index contributed by atoms with van der Waals surface area (Å²) in [7, 11) is 0. The van der Waals surface area contributed by atoms with Crippen LogP contribution < -0.4 is 0 Å². The highest BCUT2D eigenvalue weighted by molar-refractivity contribution is 5.89. The molecule has 0 amide bonds. The molecule has 0 atom stereocenters. The van der Waals surface area contributed by atoms with Crippen LogP contribution in [0.15, 0.2) is 12.3 Å². The number of aldehydes is 1. The number of pyridine rings is 1. The molecule has 0 radical (unpaired) electrons. The minimum atomic E-state index is -1.44. The molecule has 0 saturated carbocycles. The third-order valence-electron chi connectivity index (χ3n) is 1.23. The summed E-state index contributed by atoms with van der Waals surface area (Å²) < 4.78 is 12.5. The molecule has 62 valence electrons. The van der Waals surface area contributed by atoms with E-state index in [0.29, 0.717) is 6.29 Å². The standard InChI is InChI=1S/C7H4FNO3/c8-6-5(7(11)12)1-4(3-10)2-9-6/h1-3H,(H,11,12). The molecule has 0 aliphatic rings. The lowest BCUT2D eigenvalue weighted by Crippen LogP contribution is -2.03. The van der Waals surface area contributed by atoms with Crippen molar-refractivity contribution in [1.29, 1.82) is 0 Å². The molecule has 1 heterocycles. The number of halogens is 1. The number of carboxylic acid groups (broad SMARTS) is 1. The molecule has 1 rings (SSSR count). The van der Waals surface area contributed by atoms with Gasteiger partial charge in [-0.15, -0.1) is 0 Å². The number of nitrogens with zero attached hydrogens (tertiary/aromatic N) is 1. The number of hydrogen-bond acceptors (Lipinski definition) is 3. The molecule has 0 fully saturated rings. The second-order valence-electron chi connectivity index (χ2n) is 2.03. The van der Waals surface area contributed by atoms with Gasteiger partial charge in [0.2, 0.25) is 5.95 Å². The Morgan fingerprint density at radius 3 is 2.83 bits per heavy atom. The van der Waals surface area contributed by atoms with E-state index >= 15 is 0 Å². The summed E-state index contributed by atoms with van der Waals surface area (Å²) in [5.74, 6) is -2.53. The molecule has 0 unspecified atom stereocenters. The van der Waals surface area contributed by atoms with Gasteiger partial charge in [0.15, 0.2) is 6.29 Å². The summed E-state index contributed by atoms with van der Waals surface area (Å²) >= 11 is 0. The molecule has 0 aliphatic heterocycles. The Balaban J connectivity index is 3.25. The van der Waals surface area contributed by atoms with Crippen molar-refractivity contribution in [1.82, 2.24) is 4.98 Å². The highest BCUT2D eigenvalue weighted by atomic mass is 19.1. The SMILES string of the molecule is O=Cc1cnc(F)c(C(=O)O)c1. The van der Waals surface area contributed by atoms with Crippen molar-refractivity contribution in [2.75, 3.05) is 0 Å². The quantitative estimate of drug-likeness (QED) is 0.523. The molecule has 0 spiro atoms. The maximum atomic E-state index is 12.5. The first-order valence-corrected chi connectivity index (χ1v) is 2.99. The van der Waals surface area contributed by atoms with E-state index in [1.54, 1.807) is 0 Å². The fourth-order valence-electron chi connectivity index (χ4n) is 0.679. The van der Waals surface area contributed by atoms with Crippen LogP contribution in [0.3, 0.4) is 0 Å². The minimum Gasteiger partial charge on any atom is -0.478 e. The zero-order valence-electron chi connectivity index (χ0n) is 5.82. The number of carbonyl (C=O) groups excluding carboxylic acids is 1. The zero-order chi connectivity index (χ0) is 9.14. The van der Waals surface area contributed by atoms with Gasteiger partial charge in [-0.25, -0.2) is 9.78 Å². The van der Waals surface area contributed by atoms with Gasteiger partial charge in [-0.2, -0.15) is 4.39 Å². The second-order valence-corrected chi connectivity index (χ2v) is 2.03. The van der Waals surface area contributed by atoms with Gasteiger partial charge in [0.05, 0.1) is 0 Å². The van der Waals surface area contributed by atoms with E-state index < -0.39 is 17.5 Å². The van der Waals surface area contributed by atoms with Crippen molar-refractivity contribution in [3.8, 4) is 0 Å². The summed E-state index contributed by atoms with van der Waals surface area (Å²) in [6, 6.07) is 0.928. The van der Waals surface area contributed by atoms with Crippen LogP contribution >= 0.6 is 0 Å². The molecule has 0 saturated heterocycles. The first kappa shape index (κ1) is 8.32. The Hall–Kier alpha value is -1.78. The number of aromatic carboxylic acids is 1. The van der Waals surface area contributed by atoms with Gasteiger partial charge < -0.3 is 5.11 Å². The molecule has 0 aliphatic carbocycles. The van der Waals surface area contributed by atoms with Crippen molar-refractivity contribution in [3.05, 3.63) is 29.3 Å². The highest BCUT2D eigenvalue weighted by Gasteiger charge is 2.11. The normalized spacial score (nSPS) is 9.42. The van der Waals surface area contributed by atoms with E-state index in [4.69, 9.17) is 5.11 Å². The van der Waals surface area contributed by atoms with Gasteiger partial charge in [-0.3, -0.25) is 4.79 Å². The predicted molar refractivity (Wildman–Crippen MR) is 36.5 cm³/mol. The largest absolute Gasteiger partial charge is 0.478 e. The lowest BCUT2D eigenvalue weighted by Gasteiger charge is -1.95. The monoisotopic (exact) mass is 169 g/mol. The molecule has 1 aromatic heterocycles. The average Bonchev–Trinajstić information content (AvgIpc) is 2.05. The molecule has 4 nitrogen and oxygen atoms in total. The lowest BCUT2D eigenvalue weighted by molar-refractivity contribution is 0.0690. The number of hydrogen-bond donors (Lipinski definition) is 1. The Bertz CT molecular complexity index is 337. The summed E-state index contributed by atoms with van der Waals surface area (Å²) in [5.41, 5.74) is -0.562. The number of carboxylic acids is 1. The third-order valence-corrected chi connectivity index (χ3v) is 1.23. The van der Waals surface area contributed by atoms with Crippen LogP contribution in [-0.2, 0) is 0 Å². The number of carbonyl (C=O) groups is 2. The lowest BCUT2D eigenvalue weighted by atomic mass is 10.2. The molecular weight excluding hydrogens is 165 g/mol. The molecule has 5 heteroatoms. The Morgan fingerprint density at radius 2 is 2.33 bits per heavy atom. The molecule has 0 bridgehead atoms. The summed E-state index contributed by atoms with van der Waals surface area (Å²) in [6.07, 6.45) is 1.37. The third kappa shape index (κ3) is 1.45. The van der Waals surface area contributed by atoms with E-state index in [9.17, 15) is 14.0 Å². The molecule has 1 N–H and O–H groups in total. The number of aromatic nitrogens is 1. The molecule has 0 aromatic carbocycles. The van der Waals surface area contributed by atoms with Crippen molar-refractivity contribution >= 4 is 12.3 Å². The Morgan fingerprint density at radius 1 is 1.67 bits per heavy atom. The van der Waals surface area contributed by atoms with E-state index in [1.165, 1.54) is 0 Å². The maximum Gasteiger partial charge on any atom is 0.340 e. The van der Waals surface area contributed by atoms with Gasteiger partial charge in [0.25, 0.3) is 0 Å².